The van der Waals surface area contributed by atoms with Gasteiger partial charge >= 0.3 is 5.97 Å². The minimum Gasteiger partial charge on any atom is -0.496 e. The molecule has 0 aliphatic carbocycles. The van der Waals surface area contributed by atoms with E-state index in [-0.39, 0.29) is 16.3 Å². The second-order valence-corrected chi connectivity index (χ2v) is 3.63. The fourth-order valence-electron chi connectivity index (χ4n) is 1.43. The summed E-state index contributed by atoms with van der Waals surface area (Å²) in [7, 11) is 1.34. The van der Waals surface area contributed by atoms with Gasteiger partial charge in [0.25, 0.3) is 0 Å². The molecular weight excluding hydrogens is 237 g/mol. The topological polar surface area (TPSA) is 72.5 Å². The summed E-state index contributed by atoms with van der Waals surface area (Å²) in [4.78, 5) is 10.8. The fraction of sp³-hybridized carbons (Fsp3) is 0.300. The molecule has 1 aromatic rings. The Morgan fingerprint density at radius 2 is 2.25 bits per heavy atom. The number of halogens is 2. The first-order valence-corrected chi connectivity index (χ1v) is 4.78. The lowest BCUT2D eigenvalue weighted by molar-refractivity contribution is -0.138. The molecule has 0 heterocycles. The van der Waals surface area contributed by atoms with E-state index in [2.05, 4.69) is 0 Å². The Labute approximate surface area is 96.8 Å². The van der Waals surface area contributed by atoms with Crippen LogP contribution in [0.5, 0.6) is 5.75 Å². The highest BCUT2D eigenvalue weighted by molar-refractivity contribution is 6.32. The molecule has 0 bridgehead atoms. The van der Waals surface area contributed by atoms with Crippen molar-refractivity contribution in [1.82, 2.24) is 0 Å². The SMILES string of the molecule is COc1c(C)cc(F)c(Cl)c1C(N)C(=O)O. The summed E-state index contributed by atoms with van der Waals surface area (Å²) >= 11 is 5.69. The van der Waals surface area contributed by atoms with Crippen molar-refractivity contribution in [3.8, 4) is 5.75 Å². The number of nitrogens with two attached hydrogens (primary N) is 1. The van der Waals surface area contributed by atoms with Gasteiger partial charge in [0.05, 0.1) is 12.1 Å². The van der Waals surface area contributed by atoms with Gasteiger partial charge in [-0.25, -0.2) is 4.39 Å². The molecule has 3 N–H and O–H groups in total. The van der Waals surface area contributed by atoms with Gasteiger partial charge in [-0.3, -0.25) is 4.79 Å². The molecule has 0 saturated carbocycles. The highest BCUT2D eigenvalue weighted by Crippen LogP contribution is 2.36. The van der Waals surface area contributed by atoms with Gasteiger partial charge in [0, 0.05) is 5.56 Å². The molecule has 1 atom stereocenters. The Hall–Kier alpha value is -1.33. The maximum Gasteiger partial charge on any atom is 0.325 e. The van der Waals surface area contributed by atoms with Gasteiger partial charge in [-0.1, -0.05) is 11.6 Å². The van der Waals surface area contributed by atoms with Crippen LogP contribution in [-0.2, 0) is 4.79 Å². The molecule has 0 aliphatic rings. The number of rotatable bonds is 3. The molecular formula is C10H11ClFNO3. The number of carboxylic acids is 1. The van der Waals surface area contributed by atoms with Crippen molar-refractivity contribution in [2.24, 2.45) is 5.73 Å². The molecule has 6 heteroatoms. The number of methoxy groups -OCH3 is 1. The predicted octanol–water partition coefficient (Wildman–Crippen LogP) is 1.88. The Morgan fingerprint density at radius 1 is 1.69 bits per heavy atom. The van der Waals surface area contributed by atoms with E-state index < -0.39 is 17.8 Å². The maximum atomic E-state index is 13.3. The highest BCUT2D eigenvalue weighted by atomic mass is 35.5. The van der Waals surface area contributed by atoms with E-state index in [1.165, 1.54) is 13.2 Å². The van der Waals surface area contributed by atoms with Crippen molar-refractivity contribution in [3.63, 3.8) is 0 Å². The number of benzene rings is 1. The summed E-state index contributed by atoms with van der Waals surface area (Å²) < 4.78 is 18.3. The predicted molar refractivity (Wildman–Crippen MR) is 57.3 cm³/mol. The average molecular weight is 248 g/mol. The van der Waals surface area contributed by atoms with Crippen molar-refractivity contribution in [1.29, 1.82) is 0 Å². The smallest absolute Gasteiger partial charge is 0.325 e. The molecule has 88 valence electrons. The summed E-state index contributed by atoms with van der Waals surface area (Å²) in [5, 5.41) is 8.48. The normalized spacial score (nSPS) is 12.3. The number of ether oxygens (including phenoxy) is 1. The molecule has 0 radical (unpaired) electrons. The second-order valence-electron chi connectivity index (χ2n) is 3.25. The monoisotopic (exact) mass is 247 g/mol. The first-order chi connectivity index (χ1) is 7.40. The Balaban J connectivity index is 3.50. The van der Waals surface area contributed by atoms with Gasteiger partial charge in [-0.05, 0) is 18.6 Å². The summed E-state index contributed by atoms with van der Waals surface area (Å²) in [5.74, 6) is -1.82. The molecule has 1 unspecified atom stereocenters. The molecule has 4 nitrogen and oxygen atoms in total. The minimum absolute atomic E-state index is 0.0471. The quantitative estimate of drug-likeness (QED) is 0.855. The van der Waals surface area contributed by atoms with Crippen molar-refractivity contribution in [3.05, 3.63) is 28.0 Å². The number of aryl methyl sites for hydroxylation is 1. The zero-order valence-electron chi connectivity index (χ0n) is 8.75. The number of carbonyl (C=O) groups is 1. The van der Waals surface area contributed by atoms with Crippen LogP contribution in [-0.4, -0.2) is 18.2 Å². The maximum absolute atomic E-state index is 13.3. The number of hydrogen-bond donors (Lipinski definition) is 2. The fourth-order valence-corrected chi connectivity index (χ4v) is 1.69. The Kier molecular flexibility index (Phi) is 3.72. The van der Waals surface area contributed by atoms with Crippen LogP contribution in [0.2, 0.25) is 5.02 Å². The Bertz CT molecular complexity index is 437. The standard InChI is InChI=1S/C10H11ClFNO3/c1-4-3-5(12)7(11)6(9(4)16-2)8(13)10(14)15/h3,8H,13H2,1-2H3,(H,14,15). The van der Waals surface area contributed by atoms with Crippen LogP contribution in [0, 0.1) is 12.7 Å². The van der Waals surface area contributed by atoms with Crippen LogP contribution in [0.25, 0.3) is 0 Å². The van der Waals surface area contributed by atoms with Crippen LogP contribution in [0.3, 0.4) is 0 Å². The van der Waals surface area contributed by atoms with E-state index in [0.29, 0.717) is 5.56 Å². The van der Waals surface area contributed by atoms with Crippen LogP contribution in [0.4, 0.5) is 4.39 Å². The first kappa shape index (κ1) is 12.7. The third-order valence-electron chi connectivity index (χ3n) is 2.17. The number of carboxylic acid groups (broad SMARTS) is 1. The van der Waals surface area contributed by atoms with Gasteiger partial charge < -0.3 is 15.6 Å². The van der Waals surface area contributed by atoms with Gasteiger partial charge in [0.2, 0.25) is 0 Å². The lowest BCUT2D eigenvalue weighted by Crippen LogP contribution is -2.22. The molecule has 0 aliphatic heterocycles. The first-order valence-electron chi connectivity index (χ1n) is 4.41. The van der Waals surface area contributed by atoms with Crippen molar-refractivity contribution < 1.29 is 19.0 Å². The third kappa shape index (κ3) is 2.10. The molecule has 1 rings (SSSR count). The number of aliphatic carboxylic acids is 1. The lowest BCUT2D eigenvalue weighted by atomic mass is 10.0. The van der Waals surface area contributed by atoms with Crippen LogP contribution in [0.1, 0.15) is 17.2 Å². The number of hydrogen-bond acceptors (Lipinski definition) is 3. The van der Waals surface area contributed by atoms with E-state index in [0.717, 1.165) is 0 Å². The molecule has 16 heavy (non-hydrogen) atoms. The summed E-state index contributed by atoms with van der Waals surface area (Å²) in [6, 6.07) is -0.254. The van der Waals surface area contributed by atoms with Crippen LogP contribution >= 0.6 is 11.6 Å². The third-order valence-corrected chi connectivity index (χ3v) is 2.56. The van der Waals surface area contributed by atoms with E-state index in [1.54, 1.807) is 6.92 Å². The Morgan fingerprint density at radius 3 is 2.69 bits per heavy atom. The minimum atomic E-state index is -1.42. The largest absolute Gasteiger partial charge is 0.496 e. The molecule has 1 aromatic carbocycles. The van der Waals surface area contributed by atoms with E-state index >= 15 is 0 Å². The van der Waals surface area contributed by atoms with Gasteiger partial charge in [-0.15, -0.1) is 0 Å². The zero-order valence-corrected chi connectivity index (χ0v) is 9.51. The van der Waals surface area contributed by atoms with Gasteiger partial charge in [-0.2, -0.15) is 0 Å². The summed E-state index contributed by atoms with van der Waals surface area (Å²) in [6.45, 7) is 1.58. The second kappa shape index (κ2) is 4.67. The molecule has 0 fully saturated rings. The van der Waals surface area contributed by atoms with Crippen molar-refractivity contribution in [2.45, 2.75) is 13.0 Å². The van der Waals surface area contributed by atoms with Crippen LogP contribution < -0.4 is 10.5 Å². The molecule has 0 saturated heterocycles. The van der Waals surface area contributed by atoms with Crippen molar-refractivity contribution in [2.75, 3.05) is 7.11 Å². The highest BCUT2D eigenvalue weighted by Gasteiger charge is 2.25. The zero-order chi connectivity index (χ0) is 12.5. The molecule has 0 aromatic heterocycles. The molecule has 0 amide bonds. The van der Waals surface area contributed by atoms with Gasteiger partial charge in [0.1, 0.15) is 17.6 Å². The molecule has 0 spiro atoms. The van der Waals surface area contributed by atoms with Crippen LogP contribution in [0.15, 0.2) is 6.07 Å². The van der Waals surface area contributed by atoms with E-state index in [1.807, 2.05) is 0 Å². The van der Waals surface area contributed by atoms with Crippen molar-refractivity contribution >= 4 is 17.6 Å². The average Bonchev–Trinajstić information content (AvgIpc) is 2.21. The summed E-state index contributed by atoms with van der Waals surface area (Å²) in [5.41, 5.74) is 5.82. The van der Waals surface area contributed by atoms with Gasteiger partial charge in [0.15, 0.2) is 0 Å². The van der Waals surface area contributed by atoms with E-state index in [9.17, 15) is 9.18 Å². The lowest BCUT2D eigenvalue weighted by Gasteiger charge is -2.16. The summed E-state index contributed by atoms with van der Waals surface area (Å²) in [6.07, 6.45) is 0. The van der Waals surface area contributed by atoms with E-state index in [4.69, 9.17) is 27.2 Å².